The average molecular weight is 268 g/mol. The van der Waals surface area contributed by atoms with E-state index in [1.54, 1.807) is 0 Å². The second kappa shape index (κ2) is 5.80. The normalized spacial score (nSPS) is 40.5. The third-order valence-corrected chi connectivity index (χ3v) is 5.38. The molecule has 4 heteroatoms. The molecule has 1 aliphatic carbocycles. The van der Waals surface area contributed by atoms with Crippen molar-refractivity contribution in [2.75, 3.05) is 6.54 Å². The molecule has 110 valence electrons. The molecule has 2 rings (SSSR count). The molecule has 3 N–H and O–H groups in total. The fraction of sp³-hybridized carbons (Fsp3) is 0.933. The Bertz CT molecular complexity index is 324. The Morgan fingerprint density at radius 2 is 1.89 bits per heavy atom. The maximum atomic E-state index is 11.4. The van der Waals surface area contributed by atoms with Gasteiger partial charge in [0.25, 0.3) is 0 Å². The Morgan fingerprint density at radius 3 is 2.47 bits per heavy atom. The quantitative estimate of drug-likeness (QED) is 0.820. The summed E-state index contributed by atoms with van der Waals surface area (Å²) in [5.74, 6) is -0.666. The number of hydrogen-bond acceptors (Lipinski definition) is 3. The number of carboxylic acids is 1. The fourth-order valence-corrected chi connectivity index (χ4v) is 4.01. The molecule has 1 heterocycles. The molecule has 4 atom stereocenters. The Labute approximate surface area is 116 Å². The lowest BCUT2D eigenvalue weighted by Crippen LogP contribution is -2.52. The van der Waals surface area contributed by atoms with E-state index in [1.807, 2.05) is 0 Å². The van der Waals surface area contributed by atoms with Crippen molar-refractivity contribution in [1.29, 1.82) is 0 Å². The molecule has 4 nitrogen and oxygen atoms in total. The van der Waals surface area contributed by atoms with Crippen LogP contribution in [-0.2, 0) is 4.79 Å². The second-order valence-electron chi connectivity index (χ2n) is 6.59. The van der Waals surface area contributed by atoms with Crippen LogP contribution < -0.4 is 5.73 Å². The van der Waals surface area contributed by atoms with Gasteiger partial charge in [0.1, 0.15) is 5.54 Å². The molecule has 0 aromatic carbocycles. The maximum absolute atomic E-state index is 11.4. The van der Waals surface area contributed by atoms with Gasteiger partial charge in [-0.2, -0.15) is 0 Å². The molecule has 19 heavy (non-hydrogen) atoms. The summed E-state index contributed by atoms with van der Waals surface area (Å²) in [5, 5.41) is 9.35. The number of carbonyl (C=O) groups is 1. The van der Waals surface area contributed by atoms with Gasteiger partial charge in [-0.25, -0.2) is 0 Å². The van der Waals surface area contributed by atoms with E-state index in [0.29, 0.717) is 18.5 Å². The van der Waals surface area contributed by atoms with Crippen molar-refractivity contribution in [3.05, 3.63) is 0 Å². The zero-order chi connectivity index (χ0) is 14.0. The van der Waals surface area contributed by atoms with Gasteiger partial charge in [0.15, 0.2) is 0 Å². The Hall–Kier alpha value is -0.610. The molecule has 0 aromatic rings. The van der Waals surface area contributed by atoms with Crippen LogP contribution in [-0.4, -0.2) is 40.1 Å². The van der Waals surface area contributed by atoms with E-state index in [1.165, 1.54) is 19.3 Å². The first-order valence-electron chi connectivity index (χ1n) is 7.73. The van der Waals surface area contributed by atoms with Crippen molar-refractivity contribution in [2.45, 2.75) is 76.4 Å². The summed E-state index contributed by atoms with van der Waals surface area (Å²) in [6.07, 6.45) is 7.34. The molecule has 1 aliphatic heterocycles. The van der Waals surface area contributed by atoms with Crippen LogP contribution in [0.1, 0.15) is 58.8 Å². The molecule has 1 saturated heterocycles. The zero-order valence-corrected chi connectivity index (χ0v) is 12.3. The number of piperidine rings is 1. The summed E-state index contributed by atoms with van der Waals surface area (Å²) in [7, 11) is 0. The molecule has 0 spiro atoms. The van der Waals surface area contributed by atoms with Gasteiger partial charge in [0, 0.05) is 12.1 Å². The molecular weight excluding hydrogens is 240 g/mol. The summed E-state index contributed by atoms with van der Waals surface area (Å²) < 4.78 is 0. The highest BCUT2D eigenvalue weighted by Crippen LogP contribution is 2.37. The predicted molar refractivity (Wildman–Crippen MR) is 76.0 cm³/mol. The van der Waals surface area contributed by atoms with E-state index in [0.717, 1.165) is 25.8 Å². The summed E-state index contributed by atoms with van der Waals surface area (Å²) >= 11 is 0. The standard InChI is InChI=1S/C15H28N2O2/c1-11-5-3-6-12(2)17(11)10-8-13-7-4-9-15(13,16)14(18)19/h11-13H,3-10,16H2,1-2H3,(H,18,19)/t11-,12+,13?,15?. The first-order chi connectivity index (χ1) is 8.95. The van der Waals surface area contributed by atoms with Crippen LogP contribution in [0.5, 0.6) is 0 Å². The van der Waals surface area contributed by atoms with Gasteiger partial charge in [-0.05, 0) is 58.4 Å². The smallest absolute Gasteiger partial charge is 0.323 e. The van der Waals surface area contributed by atoms with Crippen LogP contribution in [0.3, 0.4) is 0 Å². The Morgan fingerprint density at radius 1 is 1.26 bits per heavy atom. The minimum absolute atomic E-state index is 0.145. The molecule has 2 fully saturated rings. The number of nitrogens with zero attached hydrogens (tertiary/aromatic N) is 1. The third kappa shape index (κ3) is 2.95. The minimum Gasteiger partial charge on any atom is -0.480 e. The molecular formula is C15H28N2O2. The van der Waals surface area contributed by atoms with E-state index in [4.69, 9.17) is 5.73 Å². The number of carboxylic acid groups (broad SMARTS) is 1. The Balaban J connectivity index is 1.92. The molecule has 0 bridgehead atoms. The number of hydrogen-bond donors (Lipinski definition) is 2. The molecule has 0 radical (unpaired) electrons. The fourth-order valence-electron chi connectivity index (χ4n) is 4.01. The van der Waals surface area contributed by atoms with Gasteiger partial charge in [-0.1, -0.05) is 12.8 Å². The zero-order valence-electron chi connectivity index (χ0n) is 12.3. The highest BCUT2D eigenvalue weighted by molar-refractivity contribution is 5.79. The molecule has 1 saturated carbocycles. The van der Waals surface area contributed by atoms with Gasteiger partial charge in [-0.15, -0.1) is 0 Å². The van der Waals surface area contributed by atoms with Crippen molar-refractivity contribution in [1.82, 2.24) is 4.90 Å². The van der Waals surface area contributed by atoms with Crippen LogP contribution in [0.2, 0.25) is 0 Å². The lowest BCUT2D eigenvalue weighted by atomic mass is 9.85. The van der Waals surface area contributed by atoms with Crippen molar-refractivity contribution < 1.29 is 9.90 Å². The van der Waals surface area contributed by atoms with Gasteiger partial charge >= 0.3 is 5.97 Å². The van der Waals surface area contributed by atoms with Gasteiger partial charge < -0.3 is 10.8 Å². The van der Waals surface area contributed by atoms with Gasteiger partial charge in [0.05, 0.1) is 0 Å². The van der Waals surface area contributed by atoms with E-state index >= 15 is 0 Å². The van der Waals surface area contributed by atoms with Crippen LogP contribution >= 0.6 is 0 Å². The predicted octanol–water partition coefficient (Wildman–Crippen LogP) is 2.22. The number of aliphatic carboxylic acids is 1. The van der Waals surface area contributed by atoms with Crippen molar-refractivity contribution in [2.24, 2.45) is 11.7 Å². The number of nitrogens with two attached hydrogens (primary N) is 1. The monoisotopic (exact) mass is 268 g/mol. The lowest BCUT2D eigenvalue weighted by Gasteiger charge is -2.40. The SMILES string of the molecule is C[C@@H]1CCC[C@H](C)N1CCC1CCCC1(N)C(=O)O. The summed E-state index contributed by atoms with van der Waals surface area (Å²) in [4.78, 5) is 13.9. The summed E-state index contributed by atoms with van der Waals surface area (Å²) in [5.41, 5.74) is 5.14. The number of rotatable bonds is 4. The van der Waals surface area contributed by atoms with E-state index in [2.05, 4.69) is 18.7 Å². The van der Waals surface area contributed by atoms with Crippen LogP contribution in [0, 0.1) is 5.92 Å². The van der Waals surface area contributed by atoms with Crippen molar-refractivity contribution in [3.63, 3.8) is 0 Å². The van der Waals surface area contributed by atoms with E-state index < -0.39 is 11.5 Å². The van der Waals surface area contributed by atoms with Crippen molar-refractivity contribution >= 4 is 5.97 Å². The van der Waals surface area contributed by atoms with E-state index in [-0.39, 0.29) is 5.92 Å². The van der Waals surface area contributed by atoms with E-state index in [9.17, 15) is 9.90 Å². The summed E-state index contributed by atoms with van der Waals surface area (Å²) in [6.45, 7) is 5.58. The third-order valence-electron chi connectivity index (χ3n) is 5.38. The van der Waals surface area contributed by atoms with Crippen LogP contribution in [0.15, 0.2) is 0 Å². The average Bonchev–Trinajstić information content (AvgIpc) is 2.72. The maximum Gasteiger partial charge on any atom is 0.323 e. The highest BCUT2D eigenvalue weighted by Gasteiger charge is 2.45. The molecule has 2 unspecified atom stereocenters. The van der Waals surface area contributed by atoms with Crippen LogP contribution in [0.25, 0.3) is 0 Å². The molecule has 0 amide bonds. The van der Waals surface area contributed by atoms with Gasteiger partial charge in [-0.3, -0.25) is 9.69 Å². The van der Waals surface area contributed by atoms with Crippen molar-refractivity contribution in [3.8, 4) is 0 Å². The topological polar surface area (TPSA) is 66.6 Å². The molecule has 0 aromatic heterocycles. The number of likely N-dealkylation sites (tertiary alicyclic amines) is 1. The molecule has 2 aliphatic rings. The first-order valence-corrected chi connectivity index (χ1v) is 7.73. The lowest BCUT2D eigenvalue weighted by molar-refractivity contribution is -0.145. The van der Waals surface area contributed by atoms with Gasteiger partial charge in [0.2, 0.25) is 0 Å². The minimum atomic E-state index is -0.970. The summed E-state index contributed by atoms with van der Waals surface area (Å²) in [6, 6.07) is 1.25. The Kier molecular flexibility index (Phi) is 4.51. The second-order valence-corrected chi connectivity index (χ2v) is 6.59. The largest absolute Gasteiger partial charge is 0.480 e. The first kappa shape index (κ1) is 14.8. The highest BCUT2D eigenvalue weighted by atomic mass is 16.4. The van der Waals surface area contributed by atoms with Crippen LogP contribution in [0.4, 0.5) is 0 Å².